The minimum atomic E-state index is -0.548. The quantitative estimate of drug-likeness (QED) is 0.528. The highest BCUT2D eigenvalue weighted by molar-refractivity contribution is 9.10. The third-order valence-electron chi connectivity index (χ3n) is 3.01. The lowest BCUT2D eigenvalue weighted by atomic mass is 10.2. The highest BCUT2D eigenvalue weighted by Gasteiger charge is 2.13. The predicted molar refractivity (Wildman–Crippen MR) is 88.7 cm³/mol. The van der Waals surface area contributed by atoms with Crippen LogP contribution >= 0.6 is 15.9 Å². The molecule has 2 heterocycles. The number of nitrogens with zero attached hydrogens (tertiary/aromatic N) is 2. The van der Waals surface area contributed by atoms with Gasteiger partial charge in [-0.15, -0.1) is 0 Å². The Labute approximate surface area is 139 Å². The van der Waals surface area contributed by atoms with Crippen LogP contribution in [0.4, 0.5) is 0 Å². The molecule has 0 atom stereocenters. The number of hydrazone groups is 1. The fourth-order valence-corrected chi connectivity index (χ4v) is 2.36. The lowest BCUT2D eigenvalue weighted by molar-refractivity contribution is 0.0912. The van der Waals surface area contributed by atoms with Gasteiger partial charge >= 0.3 is 11.9 Å². The Kier molecular flexibility index (Phi) is 4.42. The summed E-state index contributed by atoms with van der Waals surface area (Å²) in [5.41, 5.74) is 4.20. The fraction of sp³-hybridized carbons (Fsp3) is 0.133. The van der Waals surface area contributed by atoms with Crippen LogP contribution < -0.4 is 10.2 Å². The van der Waals surface area contributed by atoms with E-state index in [4.69, 9.17) is 9.15 Å². The molecule has 0 unspecified atom stereocenters. The van der Waals surface area contributed by atoms with E-state index in [2.05, 4.69) is 36.4 Å². The Morgan fingerprint density at radius 2 is 2.43 bits per heavy atom. The highest BCUT2D eigenvalue weighted by Crippen LogP contribution is 2.21. The molecule has 0 aliphatic heterocycles. The van der Waals surface area contributed by atoms with Gasteiger partial charge in [0.25, 0.3) is 5.89 Å². The second kappa shape index (κ2) is 6.66. The van der Waals surface area contributed by atoms with Crippen molar-refractivity contribution in [3.8, 4) is 5.95 Å². The fourth-order valence-electron chi connectivity index (χ4n) is 2.00. The van der Waals surface area contributed by atoms with Crippen LogP contribution in [0.5, 0.6) is 5.95 Å². The normalized spacial score (nSPS) is 11.2. The van der Waals surface area contributed by atoms with Gasteiger partial charge in [0.15, 0.2) is 0 Å². The largest absolute Gasteiger partial charge is 0.464 e. The van der Waals surface area contributed by atoms with E-state index < -0.39 is 5.91 Å². The van der Waals surface area contributed by atoms with Gasteiger partial charge in [-0.1, -0.05) is 15.9 Å². The molecule has 0 aliphatic carbocycles. The molecule has 0 spiro atoms. The first-order valence-electron chi connectivity index (χ1n) is 6.86. The zero-order valence-electron chi connectivity index (χ0n) is 12.2. The SMILES string of the molecule is CCOc1cnc(C(=O)NN=Cc2c[nH]c3ccc(Br)cc23)o1. The molecule has 1 amide bonds. The number of hydrogen-bond donors (Lipinski definition) is 2. The monoisotopic (exact) mass is 376 g/mol. The maximum absolute atomic E-state index is 11.9. The van der Waals surface area contributed by atoms with Gasteiger partial charge in [-0.05, 0) is 25.1 Å². The van der Waals surface area contributed by atoms with E-state index in [0.717, 1.165) is 20.9 Å². The van der Waals surface area contributed by atoms with Crippen LogP contribution in [0.2, 0.25) is 0 Å². The molecule has 0 fully saturated rings. The van der Waals surface area contributed by atoms with Gasteiger partial charge in [-0.25, -0.2) is 10.4 Å². The van der Waals surface area contributed by atoms with Crippen molar-refractivity contribution in [1.29, 1.82) is 0 Å². The number of nitrogens with one attached hydrogen (secondary N) is 2. The smallest absolute Gasteiger partial charge is 0.327 e. The number of aromatic amines is 1. The molecule has 8 heteroatoms. The van der Waals surface area contributed by atoms with Crippen molar-refractivity contribution in [2.24, 2.45) is 5.10 Å². The zero-order chi connectivity index (χ0) is 16.2. The molecule has 118 valence electrons. The van der Waals surface area contributed by atoms with Crippen LogP contribution in [0.25, 0.3) is 10.9 Å². The van der Waals surface area contributed by atoms with E-state index in [-0.39, 0.29) is 11.8 Å². The van der Waals surface area contributed by atoms with Crippen LogP contribution in [-0.4, -0.2) is 28.7 Å². The third-order valence-corrected chi connectivity index (χ3v) is 3.50. The number of fused-ring (bicyclic) bond motifs is 1. The number of ether oxygens (including phenoxy) is 1. The highest BCUT2D eigenvalue weighted by atomic mass is 79.9. The summed E-state index contributed by atoms with van der Waals surface area (Å²) in [6.45, 7) is 2.25. The van der Waals surface area contributed by atoms with Gasteiger partial charge in [0.05, 0.1) is 12.8 Å². The van der Waals surface area contributed by atoms with Crippen molar-refractivity contribution >= 4 is 39.0 Å². The van der Waals surface area contributed by atoms with Gasteiger partial charge in [-0.2, -0.15) is 5.10 Å². The van der Waals surface area contributed by atoms with Crippen LogP contribution in [-0.2, 0) is 0 Å². The van der Waals surface area contributed by atoms with Crippen molar-refractivity contribution in [1.82, 2.24) is 15.4 Å². The predicted octanol–water partition coefficient (Wildman–Crippen LogP) is 3.08. The molecule has 0 saturated heterocycles. The minimum absolute atomic E-state index is 0.104. The molecule has 0 saturated carbocycles. The van der Waals surface area contributed by atoms with E-state index in [1.807, 2.05) is 31.3 Å². The molecule has 0 bridgehead atoms. The summed E-state index contributed by atoms with van der Waals surface area (Å²) >= 11 is 3.43. The Morgan fingerprint density at radius 1 is 1.57 bits per heavy atom. The minimum Gasteiger partial charge on any atom is -0.464 e. The summed E-state index contributed by atoms with van der Waals surface area (Å²) in [6.07, 6.45) is 4.71. The van der Waals surface area contributed by atoms with Crippen molar-refractivity contribution in [3.63, 3.8) is 0 Å². The molecule has 1 aromatic carbocycles. The van der Waals surface area contributed by atoms with Crippen molar-refractivity contribution in [2.45, 2.75) is 6.92 Å². The van der Waals surface area contributed by atoms with Gasteiger partial charge < -0.3 is 14.1 Å². The number of benzene rings is 1. The van der Waals surface area contributed by atoms with E-state index in [1.165, 1.54) is 6.20 Å². The van der Waals surface area contributed by atoms with Crippen LogP contribution in [0.15, 0.2) is 44.6 Å². The molecule has 7 nitrogen and oxygen atoms in total. The Balaban J connectivity index is 1.69. The molecular weight excluding hydrogens is 364 g/mol. The van der Waals surface area contributed by atoms with E-state index in [1.54, 1.807) is 6.21 Å². The van der Waals surface area contributed by atoms with Gasteiger partial charge in [-0.3, -0.25) is 4.79 Å². The number of oxazole rings is 1. The van der Waals surface area contributed by atoms with Crippen LogP contribution in [0.3, 0.4) is 0 Å². The van der Waals surface area contributed by atoms with Crippen molar-refractivity contribution in [2.75, 3.05) is 6.61 Å². The van der Waals surface area contributed by atoms with Crippen molar-refractivity contribution in [3.05, 3.63) is 46.5 Å². The Morgan fingerprint density at radius 3 is 3.26 bits per heavy atom. The standard InChI is InChI=1S/C15H13BrN4O3/c1-2-22-13-8-18-15(23-13)14(21)20-19-7-9-6-17-12-4-3-10(16)5-11(9)12/h3-8,17H,2H2,1H3,(H,20,21). The van der Waals surface area contributed by atoms with Gasteiger partial charge in [0.2, 0.25) is 0 Å². The molecule has 2 N–H and O–H groups in total. The van der Waals surface area contributed by atoms with Crippen LogP contribution in [0.1, 0.15) is 23.2 Å². The number of halogens is 1. The van der Waals surface area contributed by atoms with Crippen LogP contribution in [0, 0.1) is 0 Å². The number of H-pyrrole nitrogens is 1. The molecule has 0 radical (unpaired) electrons. The molecule has 23 heavy (non-hydrogen) atoms. The lowest BCUT2D eigenvalue weighted by Crippen LogP contribution is -2.17. The first-order valence-corrected chi connectivity index (χ1v) is 7.65. The second-order valence-electron chi connectivity index (χ2n) is 4.55. The third kappa shape index (κ3) is 3.42. The molecular formula is C15H13BrN4O3. The maximum atomic E-state index is 11.9. The number of rotatable bonds is 5. The van der Waals surface area contributed by atoms with Gasteiger partial charge in [0.1, 0.15) is 6.20 Å². The Hall–Kier alpha value is -2.61. The summed E-state index contributed by atoms with van der Waals surface area (Å²) in [5, 5.41) is 4.92. The summed E-state index contributed by atoms with van der Waals surface area (Å²) in [6, 6.07) is 5.87. The summed E-state index contributed by atoms with van der Waals surface area (Å²) in [5.74, 6) is -0.455. The summed E-state index contributed by atoms with van der Waals surface area (Å²) < 4.78 is 11.2. The number of carbonyl (C=O) groups excluding carboxylic acids is 1. The first-order chi connectivity index (χ1) is 11.2. The average Bonchev–Trinajstić information content (AvgIpc) is 3.15. The summed E-state index contributed by atoms with van der Waals surface area (Å²) in [7, 11) is 0. The van der Waals surface area contributed by atoms with E-state index in [9.17, 15) is 4.79 Å². The van der Waals surface area contributed by atoms with Gasteiger partial charge in [0, 0.05) is 27.1 Å². The molecule has 2 aromatic heterocycles. The molecule has 3 rings (SSSR count). The number of carbonyl (C=O) groups is 1. The molecule has 3 aromatic rings. The lowest BCUT2D eigenvalue weighted by Gasteiger charge is -1.96. The van der Waals surface area contributed by atoms with E-state index >= 15 is 0 Å². The number of hydrogen-bond acceptors (Lipinski definition) is 5. The average molecular weight is 377 g/mol. The molecule has 0 aliphatic rings. The number of amides is 1. The first kappa shape index (κ1) is 15.3. The maximum Gasteiger partial charge on any atom is 0.327 e. The second-order valence-corrected chi connectivity index (χ2v) is 5.47. The van der Waals surface area contributed by atoms with Crippen molar-refractivity contribution < 1.29 is 13.9 Å². The topological polar surface area (TPSA) is 92.5 Å². The summed E-state index contributed by atoms with van der Waals surface area (Å²) in [4.78, 5) is 18.8. The zero-order valence-corrected chi connectivity index (χ0v) is 13.8. The number of aromatic nitrogens is 2. The Bertz CT molecular complexity index is 869. The van der Waals surface area contributed by atoms with E-state index in [0.29, 0.717) is 6.61 Å².